The summed E-state index contributed by atoms with van der Waals surface area (Å²) in [7, 11) is 5.54. The maximum absolute atomic E-state index is 5.52. The zero-order valence-corrected chi connectivity index (χ0v) is 17.0. The minimum Gasteiger partial charge on any atom is -0.497 e. The highest BCUT2D eigenvalue weighted by Gasteiger charge is 2.13. The lowest BCUT2D eigenvalue weighted by Crippen LogP contribution is -2.32. The molecule has 1 atom stereocenters. The fourth-order valence-electron chi connectivity index (χ4n) is 3.00. The maximum Gasteiger partial charge on any atom is 0.125 e. The highest BCUT2D eigenvalue weighted by Crippen LogP contribution is 2.25. The van der Waals surface area contributed by atoms with Crippen molar-refractivity contribution in [1.29, 1.82) is 0 Å². The summed E-state index contributed by atoms with van der Waals surface area (Å²) in [6, 6.07) is 16.5. The molecule has 0 fully saturated rings. The summed E-state index contributed by atoms with van der Waals surface area (Å²) in [6.07, 6.45) is 4.37. The van der Waals surface area contributed by atoms with Crippen molar-refractivity contribution in [2.75, 3.05) is 27.8 Å². The van der Waals surface area contributed by atoms with E-state index in [1.165, 1.54) is 18.4 Å². The Bertz CT molecular complexity index is 746. The number of likely N-dealkylation sites (N-methyl/N-ethyl adjacent to an activating group) is 1. The number of hydrogen-bond donors (Lipinski definition) is 0. The number of unbranched alkanes of at least 4 members (excludes halogenated alkanes) is 1. The zero-order chi connectivity index (χ0) is 19.5. The first-order valence-electron chi connectivity index (χ1n) is 9.65. The van der Waals surface area contributed by atoms with Gasteiger partial charge in [0.2, 0.25) is 0 Å². The average Bonchev–Trinajstić information content (AvgIpc) is 2.72. The topological polar surface area (TPSA) is 21.7 Å². The Hall–Kier alpha value is -2.44. The molecule has 2 rings (SSSR count). The molecule has 0 amide bonds. The normalized spacial score (nSPS) is 11.6. The second-order valence-corrected chi connectivity index (χ2v) is 6.70. The molecule has 0 aliphatic carbocycles. The number of rotatable bonds is 9. The minimum atomic E-state index is 0.259. The molecule has 0 heterocycles. The molecular weight excluding hydrogens is 334 g/mol. The van der Waals surface area contributed by atoms with Crippen LogP contribution < -0.4 is 9.47 Å². The van der Waals surface area contributed by atoms with Gasteiger partial charge in [0, 0.05) is 18.2 Å². The number of hydrogen-bond acceptors (Lipinski definition) is 3. The molecule has 27 heavy (non-hydrogen) atoms. The Balaban J connectivity index is 2.05. The highest BCUT2D eigenvalue weighted by molar-refractivity contribution is 5.41. The van der Waals surface area contributed by atoms with Crippen molar-refractivity contribution in [3.05, 3.63) is 59.7 Å². The van der Waals surface area contributed by atoms with Crippen LogP contribution in [0.3, 0.4) is 0 Å². The predicted octanol–water partition coefficient (Wildman–Crippen LogP) is 4.79. The Morgan fingerprint density at radius 2 is 1.81 bits per heavy atom. The maximum atomic E-state index is 5.52. The molecule has 1 unspecified atom stereocenters. The molecule has 0 aliphatic rings. The molecule has 0 saturated heterocycles. The van der Waals surface area contributed by atoms with E-state index in [9.17, 15) is 0 Å². The molecule has 0 aromatic heterocycles. The predicted molar refractivity (Wildman–Crippen MR) is 113 cm³/mol. The van der Waals surface area contributed by atoms with E-state index < -0.39 is 0 Å². The van der Waals surface area contributed by atoms with Crippen molar-refractivity contribution in [3.8, 4) is 23.3 Å². The smallest absolute Gasteiger partial charge is 0.125 e. The van der Waals surface area contributed by atoms with Gasteiger partial charge in [-0.1, -0.05) is 55.9 Å². The summed E-state index contributed by atoms with van der Waals surface area (Å²) in [6.45, 7) is 3.16. The zero-order valence-electron chi connectivity index (χ0n) is 17.0. The molecule has 3 nitrogen and oxygen atoms in total. The molecular formula is C24H31NO2. The molecule has 0 bridgehead atoms. The van der Waals surface area contributed by atoms with Gasteiger partial charge >= 0.3 is 0 Å². The fraction of sp³-hybridized carbons (Fsp3) is 0.417. The van der Waals surface area contributed by atoms with Crippen LogP contribution in [0, 0.1) is 11.8 Å². The summed E-state index contributed by atoms with van der Waals surface area (Å²) in [4.78, 5) is 2.36. The molecule has 3 heteroatoms. The Morgan fingerprint density at radius 1 is 1.04 bits per heavy atom. The standard InChI is InChI=1S/C24H31NO2/c1-5-6-12-22(15-13-20-10-8-7-9-11-20)25(2)18-17-21-14-16-23(26-3)19-24(21)27-4/h7-11,14,16,19,22H,5-6,12,17-18H2,1-4H3. The first-order valence-corrected chi connectivity index (χ1v) is 9.65. The Kier molecular flexibility index (Phi) is 8.74. The van der Waals surface area contributed by atoms with E-state index in [4.69, 9.17) is 9.47 Å². The summed E-state index contributed by atoms with van der Waals surface area (Å²) in [5.74, 6) is 8.51. The van der Waals surface area contributed by atoms with Gasteiger partial charge in [0.1, 0.15) is 11.5 Å². The lowest BCUT2D eigenvalue weighted by atomic mass is 10.1. The molecule has 2 aromatic rings. The van der Waals surface area contributed by atoms with Crippen molar-refractivity contribution < 1.29 is 9.47 Å². The molecule has 144 valence electrons. The quantitative estimate of drug-likeness (QED) is 0.597. The van der Waals surface area contributed by atoms with Crippen LogP contribution in [-0.4, -0.2) is 38.8 Å². The third-order valence-electron chi connectivity index (χ3n) is 4.75. The van der Waals surface area contributed by atoms with Gasteiger partial charge in [-0.25, -0.2) is 0 Å². The van der Waals surface area contributed by atoms with Crippen molar-refractivity contribution >= 4 is 0 Å². The van der Waals surface area contributed by atoms with Crippen LogP contribution in [0.5, 0.6) is 11.5 Å². The van der Waals surface area contributed by atoms with Crippen molar-refractivity contribution in [2.24, 2.45) is 0 Å². The van der Waals surface area contributed by atoms with E-state index in [2.05, 4.69) is 48.9 Å². The van der Waals surface area contributed by atoms with Crippen LogP contribution >= 0.6 is 0 Å². The highest BCUT2D eigenvalue weighted by atomic mass is 16.5. The molecule has 0 N–H and O–H groups in total. The van der Waals surface area contributed by atoms with E-state index in [1.54, 1.807) is 14.2 Å². The third kappa shape index (κ3) is 6.66. The van der Waals surface area contributed by atoms with Crippen molar-refractivity contribution in [2.45, 2.75) is 38.6 Å². The molecule has 0 spiro atoms. The fourth-order valence-corrected chi connectivity index (χ4v) is 3.00. The van der Waals surface area contributed by atoms with E-state index in [1.807, 2.05) is 30.3 Å². The lowest BCUT2D eigenvalue weighted by molar-refractivity contribution is 0.276. The number of nitrogens with zero attached hydrogens (tertiary/aromatic N) is 1. The summed E-state index contributed by atoms with van der Waals surface area (Å²) >= 11 is 0. The Labute approximate surface area is 164 Å². The lowest BCUT2D eigenvalue weighted by Gasteiger charge is -2.24. The van der Waals surface area contributed by atoms with Gasteiger partial charge in [-0.3, -0.25) is 4.90 Å². The summed E-state index contributed by atoms with van der Waals surface area (Å²) in [5, 5.41) is 0. The third-order valence-corrected chi connectivity index (χ3v) is 4.75. The van der Waals surface area contributed by atoms with Gasteiger partial charge in [-0.05, 0) is 43.7 Å². The second kappa shape index (κ2) is 11.3. The van der Waals surface area contributed by atoms with Crippen LogP contribution in [0.1, 0.15) is 37.3 Å². The summed E-state index contributed by atoms with van der Waals surface area (Å²) in [5.41, 5.74) is 2.26. The van der Waals surface area contributed by atoms with Crippen LogP contribution in [0.2, 0.25) is 0 Å². The number of ether oxygens (including phenoxy) is 2. The first kappa shape index (κ1) is 20.9. The number of methoxy groups -OCH3 is 2. The monoisotopic (exact) mass is 365 g/mol. The van der Waals surface area contributed by atoms with Gasteiger partial charge in [0.05, 0.1) is 20.3 Å². The molecule has 0 saturated carbocycles. The largest absolute Gasteiger partial charge is 0.497 e. The average molecular weight is 366 g/mol. The van der Waals surface area contributed by atoms with Gasteiger partial charge in [-0.15, -0.1) is 0 Å². The van der Waals surface area contributed by atoms with Crippen LogP contribution in [-0.2, 0) is 6.42 Å². The van der Waals surface area contributed by atoms with Gasteiger partial charge in [0.15, 0.2) is 0 Å². The first-order chi connectivity index (χ1) is 13.2. The minimum absolute atomic E-state index is 0.259. The number of benzene rings is 2. The van der Waals surface area contributed by atoms with E-state index in [0.717, 1.165) is 36.4 Å². The van der Waals surface area contributed by atoms with Gasteiger partial charge < -0.3 is 9.47 Å². The van der Waals surface area contributed by atoms with E-state index in [0.29, 0.717) is 0 Å². The second-order valence-electron chi connectivity index (χ2n) is 6.70. The summed E-state index contributed by atoms with van der Waals surface area (Å²) < 4.78 is 10.8. The van der Waals surface area contributed by atoms with Crippen molar-refractivity contribution in [1.82, 2.24) is 4.90 Å². The van der Waals surface area contributed by atoms with Gasteiger partial charge in [-0.2, -0.15) is 0 Å². The van der Waals surface area contributed by atoms with Gasteiger partial charge in [0.25, 0.3) is 0 Å². The van der Waals surface area contributed by atoms with Crippen LogP contribution in [0.4, 0.5) is 0 Å². The van der Waals surface area contributed by atoms with Crippen molar-refractivity contribution in [3.63, 3.8) is 0 Å². The van der Waals surface area contributed by atoms with Crippen LogP contribution in [0.15, 0.2) is 48.5 Å². The van der Waals surface area contributed by atoms with E-state index >= 15 is 0 Å². The molecule has 0 radical (unpaired) electrons. The molecule has 0 aliphatic heterocycles. The molecule has 2 aromatic carbocycles. The Morgan fingerprint density at radius 3 is 2.48 bits per heavy atom. The van der Waals surface area contributed by atoms with E-state index in [-0.39, 0.29) is 6.04 Å². The van der Waals surface area contributed by atoms with Crippen LogP contribution in [0.25, 0.3) is 0 Å². The SMILES string of the molecule is CCCCC(C#Cc1ccccc1)N(C)CCc1ccc(OC)cc1OC.